The molecule has 4 rings (SSSR count). The molecule has 1 aromatic rings. The summed E-state index contributed by atoms with van der Waals surface area (Å²) in [5, 5.41) is 10.3. The minimum Gasteiger partial charge on any atom is -0.396 e. The van der Waals surface area contributed by atoms with Gasteiger partial charge in [-0.05, 0) is 37.8 Å². The maximum absolute atomic E-state index is 13.2. The summed E-state index contributed by atoms with van der Waals surface area (Å²) in [6, 6.07) is 3.66. The summed E-state index contributed by atoms with van der Waals surface area (Å²) >= 11 is 0. The maximum Gasteiger partial charge on any atom is 0.258 e. The predicted molar refractivity (Wildman–Crippen MR) is 115 cm³/mol. The molecule has 0 unspecified atom stereocenters. The van der Waals surface area contributed by atoms with Crippen molar-refractivity contribution in [3.63, 3.8) is 0 Å². The molecule has 0 aromatic carbocycles. The quantitative estimate of drug-likeness (QED) is 0.786. The zero-order chi connectivity index (χ0) is 21.4. The van der Waals surface area contributed by atoms with Crippen LogP contribution < -0.4 is 5.56 Å². The number of ether oxygens (including phenoxy) is 1. The average Bonchev–Trinajstić information content (AvgIpc) is 2.94. The fourth-order valence-electron chi connectivity index (χ4n) is 5.60. The number of carbonyl (C=O) groups excluding carboxylic acids is 1. The van der Waals surface area contributed by atoms with Gasteiger partial charge in [-0.2, -0.15) is 0 Å². The Hall–Kier alpha value is -1.96. The number of aliphatic hydroxyl groups is 1. The van der Waals surface area contributed by atoms with Crippen LogP contribution in [0, 0.1) is 17.8 Å². The van der Waals surface area contributed by atoms with Gasteiger partial charge in [0.05, 0.1) is 12.0 Å². The summed E-state index contributed by atoms with van der Waals surface area (Å²) in [6.45, 7) is 4.79. The fraction of sp³-hybridized carbons (Fsp3) is 0.652. The maximum atomic E-state index is 13.2. The first-order valence-electron chi connectivity index (χ1n) is 11.0. The van der Waals surface area contributed by atoms with Gasteiger partial charge in [-0.25, -0.2) is 0 Å². The van der Waals surface area contributed by atoms with Crippen molar-refractivity contribution in [2.75, 3.05) is 40.5 Å². The zero-order valence-corrected chi connectivity index (χ0v) is 18.2. The Morgan fingerprint density at radius 3 is 2.67 bits per heavy atom. The average molecular weight is 416 g/mol. The van der Waals surface area contributed by atoms with Crippen LogP contribution in [-0.4, -0.2) is 71.9 Å². The molecular weight excluding hydrogens is 382 g/mol. The van der Waals surface area contributed by atoms with Gasteiger partial charge >= 0.3 is 0 Å². The van der Waals surface area contributed by atoms with Crippen molar-refractivity contribution in [1.82, 2.24) is 14.4 Å². The van der Waals surface area contributed by atoms with Gasteiger partial charge in [-0.1, -0.05) is 12.2 Å². The summed E-state index contributed by atoms with van der Waals surface area (Å²) < 4.78 is 7.37. The third-order valence-corrected chi connectivity index (χ3v) is 7.08. The SMILES string of the molecule is C/C=C/c1ccc2n(c1=O)C[C@@H]1[C@@H](CO)[C@H](C(=O)N(C)C)[C@H]2N1CC1CCOCC1. The smallest absolute Gasteiger partial charge is 0.258 e. The standard InChI is InChI=1S/C23H33N3O4/c1-4-5-16-6-7-18-21-20(23(29)24(2)3)17(14-27)19(13-26(18)22(16)28)25(21)12-15-8-10-30-11-9-15/h4-7,15,17,19-21,27H,8-14H2,1-3H3/b5-4+/t17-,19-,20+,21+/m1/s1. The number of aromatic nitrogens is 1. The number of carbonyl (C=O) groups is 1. The highest BCUT2D eigenvalue weighted by molar-refractivity contribution is 5.80. The number of hydrogen-bond donors (Lipinski definition) is 1. The second-order valence-electron chi connectivity index (χ2n) is 9.00. The molecule has 4 heterocycles. The van der Waals surface area contributed by atoms with E-state index in [0.717, 1.165) is 38.3 Å². The highest BCUT2D eigenvalue weighted by atomic mass is 16.5. The molecule has 1 aromatic heterocycles. The summed E-state index contributed by atoms with van der Waals surface area (Å²) in [7, 11) is 3.54. The molecule has 1 N–H and O–H groups in total. The molecule has 164 valence electrons. The number of aliphatic hydroxyl groups excluding tert-OH is 1. The van der Waals surface area contributed by atoms with Gasteiger partial charge in [0.25, 0.3) is 5.56 Å². The van der Waals surface area contributed by atoms with Crippen LogP contribution in [0.2, 0.25) is 0 Å². The van der Waals surface area contributed by atoms with Gasteiger partial charge < -0.3 is 19.3 Å². The van der Waals surface area contributed by atoms with Crippen LogP contribution >= 0.6 is 0 Å². The van der Waals surface area contributed by atoms with Crippen LogP contribution in [0.3, 0.4) is 0 Å². The molecule has 2 fully saturated rings. The van der Waals surface area contributed by atoms with E-state index in [-0.39, 0.29) is 42.0 Å². The first kappa shape index (κ1) is 21.3. The van der Waals surface area contributed by atoms with Crippen molar-refractivity contribution >= 4 is 12.0 Å². The van der Waals surface area contributed by atoms with Crippen molar-refractivity contribution in [3.8, 4) is 0 Å². The lowest BCUT2D eigenvalue weighted by molar-refractivity contribution is -0.135. The van der Waals surface area contributed by atoms with Crippen LogP contribution in [0.5, 0.6) is 0 Å². The van der Waals surface area contributed by atoms with Gasteiger partial charge in [-0.3, -0.25) is 14.5 Å². The number of fused-ring (bicyclic) bond motifs is 4. The van der Waals surface area contributed by atoms with Gasteiger partial charge in [0, 0.05) is 70.2 Å². The highest BCUT2D eigenvalue weighted by Crippen LogP contribution is 2.49. The van der Waals surface area contributed by atoms with E-state index >= 15 is 0 Å². The molecule has 3 aliphatic heterocycles. The van der Waals surface area contributed by atoms with E-state index in [9.17, 15) is 14.7 Å². The van der Waals surface area contributed by atoms with Gasteiger partial charge in [0.2, 0.25) is 5.91 Å². The normalized spacial score (nSPS) is 29.3. The van der Waals surface area contributed by atoms with E-state index in [0.29, 0.717) is 18.0 Å². The van der Waals surface area contributed by atoms with Crippen LogP contribution in [0.15, 0.2) is 23.0 Å². The number of rotatable bonds is 5. The molecule has 0 spiro atoms. The highest BCUT2D eigenvalue weighted by Gasteiger charge is 2.56. The second-order valence-corrected chi connectivity index (χ2v) is 9.00. The molecule has 0 saturated carbocycles. The van der Waals surface area contributed by atoms with Gasteiger partial charge in [0.15, 0.2) is 0 Å². The molecular formula is C23H33N3O4. The van der Waals surface area contributed by atoms with E-state index in [4.69, 9.17) is 4.74 Å². The predicted octanol–water partition coefficient (Wildman–Crippen LogP) is 1.36. The summed E-state index contributed by atoms with van der Waals surface area (Å²) in [5.74, 6) is -0.00130. The van der Waals surface area contributed by atoms with E-state index in [2.05, 4.69) is 4.90 Å². The fourth-order valence-corrected chi connectivity index (χ4v) is 5.60. The molecule has 2 saturated heterocycles. The van der Waals surface area contributed by atoms with Crippen molar-refractivity contribution in [3.05, 3.63) is 39.8 Å². The summed E-state index contributed by atoms with van der Waals surface area (Å²) in [5.41, 5.74) is 1.54. The lowest BCUT2D eigenvalue weighted by Crippen LogP contribution is -2.48. The van der Waals surface area contributed by atoms with Crippen LogP contribution in [0.25, 0.3) is 6.08 Å². The van der Waals surface area contributed by atoms with Gasteiger partial charge in [0.1, 0.15) is 0 Å². The zero-order valence-electron chi connectivity index (χ0n) is 18.2. The van der Waals surface area contributed by atoms with Gasteiger partial charge in [-0.15, -0.1) is 0 Å². The van der Waals surface area contributed by atoms with E-state index in [1.165, 1.54) is 0 Å². The number of pyridine rings is 1. The largest absolute Gasteiger partial charge is 0.396 e. The Morgan fingerprint density at radius 1 is 1.30 bits per heavy atom. The van der Waals surface area contributed by atoms with Crippen LogP contribution in [0.1, 0.15) is 37.1 Å². The monoisotopic (exact) mass is 415 g/mol. The van der Waals surface area contributed by atoms with E-state index in [1.807, 2.05) is 35.8 Å². The van der Waals surface area contributed by atoms with Crippen molar-refractivity contribution in [2.45, 2.75) is 38.4 Å². The molecule has 7 nitrogen and oxygen atoms in total. The molecule has 7 heteroatoms. The number of allylic oxidation sites excluding steroid dienone is 1. The lowest BCUT2D eigenvalue weighted by atomic mass is 9.86. The molecule has 0 radical (unpaired) electrons. The van der Waals surface area contributed by atoms with Crippen molar-refractivity contribution in [2.24, 2.45) is 17.8 Å². The first-order chi connectivity index (χ1) is 14.5. The second kappa shape index (κ2) is 8.65. The minimum absolute atomic E-state index is 0.0130. The van der Waals surface area contributed by atoms with E-state index < -0.39 is 0 Å². The number of amides is 1. The van der Waals surface area contributed by atoms with Crippen molar-refractivity contribution < 1.29 is 14.6 Å². The first-order valence-corrected chi connectivity index (χ1v) is 11.0. The Bertz CT molecular complexity index is 872. The molecule has 3 aliphatic rings. The summed E-state index contributed by atoms with van der Waals surface area (Å²) in [6.07, 6.45) is 5.73. The van der Waals surface area contributed by atoms with Crippen LogP contribution in [0.4, 0.5) is 0 Å². The summed E-state index contributed by atoms with van der Waals surface area (Å²) in [4.78, 5) is 30.4. The number of nitrogens with zero attached hydrogens (tertiary/aromatic N) is 3. The Kier molecular flexibility index (Phi) is 6.14. The minimum atomic E-state index is -0.351. The third kappa shape index (κ3) is 3.53. The van der Waals surface area contributed by atoms with Crippen molar-refractivity contribution in [1.29, 1.82) is 0 Å². The van der Waals surface area contributed by atoms with E-state index in [1.54, 1.807) is 19.0 Å². The molecule has 30 heavy (non-hydrogen) atoms. The topological polar surface area (TPSA) is 75.0 Å². The molecule has 1 amide bonds. The van der Waals surface area contributed by atoms with Crippen LogP contribution in [-0.2, 0) is 16.1 Å². The third-order valence-electron chi connectivity index (χ3n) is 7.08. The Labute approximate surface area is 177 Å². The lowest BCUT2D eigenvalue weighted by Gasteiger charge is -2.40. The molecule has 0 aliphatic carbocycles. The molecule has 4 atom stereocenters. The molecule has 2 bridgehead atoms. The Morgan fingerprint density at radius 2 is 2.03 bits per heavy atom. The Balaban J connectivity index is 1.79. The number of hydrogen-bond acceptors (Lipinski definition) is 5.